The SMILES string of the molecule is Cc1cc(C(=O)NCCOCCCl)cc([N+](=O)[O-])c1. The molecular weight excluding hydrogens is 272 g/mol. The van der Waals surface area contributed by atoms with Crippen molar-refractivity contribution in [1.82, 2.24) is 5.32 Å². The fraction of sp³-hybridized carbons (Fsp3) is 0.417. The molecule has 1 amide bonds. The summed E-state index contributed by atoms with van der Waals surface area (Å²) in [6.45, 7) is 2.81. The normalized spacial score (nSPS) is 10.2. The quantitative estimate of drug-likeness (QED) is 0.359. The fourth-order valence-corrected chi connectivity index (χ4v) is 1.60. The molecule has 0 radical (unpaired) electrons. The zero-order valence-electron chi connectivity index (χ0n) is 10.5. The number of nitrogens with zero attached hydrogens (tertiary/aromatic N) is 1. The Labute approximate surface area is 115 Å². The smallest absolute Gasteiger partial charge is 0.270 e. The first kappa shape index (κ1) is 15.4. The molecule has 0 aromatic heterocycles. The van der Waals surface area contributed by atoms with Gasteiger partial charge in [0.2, 0.25) is 0 Å². The van der Waals surface area contributed by atoms with Gasteiger partial charge in [-0.25, -0.2) is 0 Å². The Morgan fingerprint density at radius 3 is 2.79 bits per heavy atom. The van der Waals surface area contributed by atoms with Crippen LogP contribution in [0.15, 0.2) is 18.2 Å². The molecule has 1 aromatic rings. The van der Waals surface area contributed by atoms with Crippen LogP contribution in [0.2, 0.25) is 0 Å². The number of nitro groups is 1. The van der Waals surface area contributed by atoms with Crippen LogP contribution in [0.1, 0.15) is 15.9 Å². The average Bonchev–Trinajstić information content (AvgIpc) is 2.37. The number of ether oxygens (including phenoxy) is 1. The van der Waals surface area contributed by atoms with E-state index in [-0.39, 0.29) is 17.2 Å². The van der Waals surface area contributed by atoms with Crippen molar-refractivity contribution >= 4 is 23.2 Å². The first-order valence-electron chi connectivity index (χ1n) is 5.72. The third-order valence-electron chi connectivity index (χ3n) is 2.29. The van der Waals surface area contributed by atoms with Crippen molar-refractivity contribution in [3.05, 3.63) is 39.4 Å². The van der Waals surface area contributed by atoms with Gasteiger partial charge >= 0.3 is 0 Å². The van der Waals surface area contributed by atoms with Gasteiger partial charge in [-0.2, -0.15) is 0 Å². The van der Waals surface area contributed by atoms with Crippen molar-refractivity contribution in [2.45, 2.75) is 6.92 Å². The first-order chi connectivity index (χ1) is 9.04. The molecule has 0 aliphatic rings. The van der Waals surface area contributed by atoms with E-state index in [1.807, 2.05) is 0 Å². The monoisotopic (exact) mass is 286 g/mol. The summed E-state index contributed by atoms with van der Waals surface area (Å²) in [5, 5.41) is 13.3. The van der Waals surface area contributed by atoms with Crippen LogP contribution < -0.4 is 5.32 Å². The second-order valence-electron chi connectivity index (χ2n) is 3.87. The Bertz CT molecular complexity index is 465. The molecule has 1 rings (SSSR count). The molecule has 1 N–H and O–H groups in total. The average molecular weight is 287 g/mol. The maximum absolute atomic E-state index is 11.8. The third-order valence-corrected chi connectivity index (χ3v) is 2.44. The number of halogens is 1. The molecule has 7 heteroatoms. The Hall–Kier alpha value is -1.66. The lowest BCUT2D eigenvalue weighted by molar-refractivity contribution is -0.384. The van der Waals surface area contributed by atoms with Crippen molar-refractivity contribution in [1.29, 1.82) is 0 Å². The number of nitrogens with one attached hydrogen (secondary N) is 1. The number of non-ortho nitro benzene ring substituents is 1. The molecule has 0 saturated carbocycles. The predicted octanol–water partition coefficient (Wildman–Crippen LogP) is 1.89. The molecular formula is C12H15ClN2O4. The van der Waals surface area contributed by atoms with Crippen LogP contribution in [-0.2, 0) is 4.74 Å². The van der Waals surface area contributed by atoms with Crippen molar-refractivity contribution in [2.75, 3.05) is 25.6 Å². The topological polar surface area (TPSA) is 81.5 Å². The molecule has 0 spiro atoms. The highest BCUT2D eigenvalue weighted by Gasteiger charge is 2.12. The van der Waals surface area contributed by atoms with Gasteiger partial charge < -0.3 is 10.1 Å². The summed E-state index contributed by atoms with van der Waals surface area (Å²) in [6, 6.07) is 4.27. The van der Waals surface area contributed by atoms with Gasteiger partial charge in [-0.15, -0.1) is 11.6 Å². The van der Waals surface area contributed by atoms with Crippen molar-refractivity contribution < 1.29 is 14.5 Å². The molecule has 0 fully saturated rings. The number of nitro benzene ring substituents is 1. The summed E-state index contributed by atoms with van der Waals surface area (Å²) in [7, 11) is 0. The maximum Gasteiger partial charge on any atom is 0.270 e. The minimum atomic E-state index is -0.520. The van der Waals surface area contributed by atoms with Crippen LogP contribution in [0.5, 0.6) is 0 Å². The van der Waals surface area contributed by atoms with Crippen LogP contribution in [-0.4, -0.2) is 36.5 Å². The fourth-order valence-electron chi connectivity index (χ4n) is 1.49. The highest BCUT2D eigenvalue weighted by molar-refractivity contribution is 6.17. The van der Waals surface area contributed by atoms with Crippen LogP contribution in [0.4, 0.5) is 5.69 Å². The predicted molar refractivity (Wildman–Crippen MR) is 71.7 cm³/mol. The maximum atomic E-state index is 11.8. The van der Waals surface area contributed by atoms with Gasteiger partial charge in [-0.1, -0.05) is 0 Å². The molecule has 0 unspecified atom stereocenters. The Morgan fingerprint density at radius 1 is 1.42 bits per heavy atom. The lowest BCUT2D eigenvalue weighted by Gasteiger charge is -2.06. The zero-order chi connectivity index (χ0) is 14.3. The van der Waals surface area contributed by atoms with E-state index in [0.717, 1.165) is 0 Å². The molecule has 0 aliphatic heterocycles. The van der Waals surface area contributed by atoms with Gasteiger partial charge in [0.05, 0.1) is 18.1 Å². The van der Waals surface area contributed by atoms with Crippen molar-refractivity contribution in [3.63, 3.8) is 0 Å². The Kier molecular flexibility index (Phi) is 6.24. The molecule has 0 atom stereocenters. The number of carbonyl (C=O) groups excluding carboxylic acids is 1. The third kappa shape index (κ3) is 5.23. The van der Waals surface area contributed by atoms with Gasteiger partial charge in [-0.05, 0) is 18.6 Å². The Balaban J connectivity index is 2.59. The van der Waals surface area contributed by atoms with Crippen molar-refractivity contribution in [2.24, 2.45) is 0 Å². The van der Waals surface area contributed by atoms with Crippen LogP contribution >= 0.6 is 11.6 Å². The van der Waals surface area contributed by atoms with E-state index < -0.39 is 4.92 Å². The number of hydrogen-bond donors (Lipinski definition) is 1. The number of carbonyl (C=O) groups is 1. The zero-order valence-corrected chi connectivity index (χ0v) is 11.3. The molecule has 6 nitrogen and oxygen atoms in total. The van der Waals surface area contributed by atoms with Crippen LogP contribution in [0.25, 0.3) is 0 Å². The van der Waals surface area contributed by atoms with Crippen LogP contribution in [0.3, 0.4) is 0 Å². The summed E-state index contributed by atoms with van der Waals surface area (Å²) in [4.78, 5) is 22.0. The molecule has 1 aromatic carbocycles. The van der Waals surface area contributed by atoms with E-state index in [9.17, 15) is 14.9 Å². The highest BCUT2D eigenvalue weighted by Crippen LogP contribution is 2.16. The van der Waals surface area contributed by atoms with E-state index in [0.29, 0.717) is 31.2 Å². The van der Waals surface area contributed by atoms with E-state index >= 15 is 0 Å². The molecule has 104 valence electrons. The summed E-state index contributed by atoms with van der Waals surface area (Å²) < 4.78 is 5.10. The van der Waals surface area contributed by atoms with E-state index in [1.54, 1.807) is 13.0 Å². The molecule has 0 saturated heterocycles. The summed E-state index contributed by atoms with van der Waals surface area (Å²) in [5.74, 6) is 0.0409. The molecule has 0 heterocycles. The number of hydrogen-bond acceptors (Lipinski definition) is 4. The molecule has 19 heavy (non-hydrogen) atoms. The largest absolute Gasteiger partial charge is 0.378 e. The highest BCUT2D eigenvalue weighted by atomic mass is 35.5. The number of amides is 1. The van der Waals surface area contributed by atoms with Crippen LogP contribution in [0, 0.1) is 17.0 Å². The summed E-state index contributed by atoms with van der Waals surface area (Å²) in [5.41, 5.74) is 0.838. The second-order valence-corrected chi connectivity index (χ2v) is 4.25. The first-order valence-corrected chi connectivity index (χ1v) is 6.26. The Morgan fingerprint density at radius 2 is 2.16 bits per heavy atom. The molecule has 0 bridgehead atoms. The van der Waals surface area contributed by atoms with Crippen molar-refractivity contribution in [3.8, 4) is 0 Å². The second kappa shape index (κ2) is 7.70. The lowest BCUT2D eigenvalue weighted by atomic mass is 10.1. The van der Waals surface area contributed by atoms with Gasteiger partial charge in [-0.3, -0.25) is 14.9 Å². The number of aryl methyl sites for hydroxylation is 1. The number of benzene rings is 1. The standard InChI is InChI=1S/C12H15ClN2O4/c1-9-6-10(8-11(7-9)15(17)18)12(16)14-3-5-19-4-2-13/h6-8H,2-5H2,1H3,(H,14,16). The minimum absolute atomic E-state index is 0.0939. The van der Waals surface area contributed by atoms with Gasteiger partial charge in [0.1, 0.15) is 0 Å². The lowest BCUT2D eigenvalue weighted by Crippen LogP contribution is -2.27. The van der Waals surface area contributed by atoms with Gasteiger partial charge in [0, 0.05) is 30.1 Å². The number of rotatable bonds is 7. The number of alkyl halides is 1. The van der Waals surface area contributed by atoms with E-state index in [2.05, 4.69) is 5.32 Å². The van der Waals surface area contributed by atoms with E-state index in [1.165, 1.54) is 12.1 Å². The minimum Gasteiger partial charge on any atom is -0.378 e. The molecule has 0 aliphatic carbocycles. The summed E-state index contributed by atoms with van der Waals surface area (Å²) in [6.07, 6.45) is 0. The summed E-state index contributed by atoms with van der Waals surface area (Å²) >= 11 is 5.43. The van der Waals surface area contributed by atoms with E-state index in [4.69, 9.17) is 16.3 Å². The van der Waals surface area contributed by atoms with Gasteiger partial charge in [0.15, 0.2) is 0 Å². The van der Waals surface area contributed by atoms with Gasteiger partial charge in [0.25, 0.3) is 11.6 Å².